The molecule has 0 aliphatic heterocycles. The van der Waals surface area contributed by atoms with Gasteiger partial charge in [-0.2, -0.15) is 0 Å². The first-order valence-corrected chi connectivity index (χ1v) is 10.6. The zero-order valence-electron chi connectivity index (χ0n) is 17.7. The van der Waals surface area contributed by atoms with Crippen LogP contribution in [0.1, 0.15) is 27.7 Å². The number of aliphatic hydroxyl groups excluding tert-OH is 1. The number of fused-ring (bicyclic) bond motifs is 3. The van der Waals surface area contributed by atoms with Crippen LogP contribution in [-0.2, 0) is 0 Å². The molecular formula is C27H23N3O2. The third-order valence-electron chi connectivity index (χ3n) is 5.69. The number of H-pyrrole nitrogens is 1. The molecule has 3 N–H and O–H groups in total. The van der Waals surface area contributed by atoms with E-state index in [4.69, 9.17) is 4.98 Å². The van der Waals surface area contributed by atoms with Crippen molar-refractivity contribution in [3.8, 4) is 11.3 Å². The molecule has 1 atom stereocenters. The minimum Gasteiger partial charge on any atom is -0.387 e. The quantitative estimate of drug-likeness (QED) is 0.367. The number of carbonyl (C=O) groups excluding carboxylic acids is 1. The lowest BCUT2D eigenvalue weighted by Gasteiger charge is -2.13. The van der Waals surface area contributed by atoms with Crippen LogP contribution >= 0.6 is 0 Å². The van der Waals surface area contributed by atoms with Crippen molar-refractivity contribution in [1.29, 1.82) is 0 Å². The SMILES string of the molecule is Cc1ccc(-c2nc(C(=O)NC[C@@H](O)c3ccccc3)cc3c2[nH]c2ccccc23)cc1. The average molecular weight is 422 g/mol. The van der Waals surface area contributed by atoms with Crippen molar-refractivity contribution in [2.75, 3.05) is 6.54 Å². The van der Waals surface area contributed by atoms with Crippen LogP contribution in [0.15, 0.2) is 84.9 Å². The Morgan fingerprint density at radius 3 is 2.47 bits per heavy atom. The van der Waals surface area contributed by atoms with E-state index >= 15 is 0 Å². The number of aliphatic hydroxyl groups is 1. The summed E-state index contributed by atoms with van der Waals surface area (Å²) in [7, 11) is 0. The maximum absolute atomic E-state index is 13.0. The maximum Gasteiger partial charge on any atom is 0.270 e. The van der Waals surface area contributed by atoms with Crippen LogP contribution in [0, 0.1) is 6.92 Å². The van der Waals surface area contributed by atoms with Crippen LogP contribution in [0.4, 0.5) is 0 Å². The number of aryl methyl sites for hydroxylation is 1. The van der Waals surface area contributed by atoms with Crippen LogP contribution in [0.25, 0.3) is 33.1 Å². The second-order valence-corrected chi connectivity index (χ2v) is 7.95. The first kappa shape index (κ1) is 20.0. The summed E-state index contributed by atoms with van der Waals surface area (Å²) in [6.45, 7) is 2.15. The molecule has 5 aromatic rings. The van der Waals surface area contributed by atoms with E-state index in [1.807, 2.05) is 91.9 Å². The number of benzene rings is 3. The molecule has 5 rings (SSSR count). The molecular weight excluding hydrogens is 398 g/mol. The first-order chi connectivity index (χ1) is 15.6. The fourth-order valence-corrected chi connectivity index (χ4v) is 3.96. The van der Waals surface area contributed by atoms with Crippen molar-refractivity contribution in [2.45, 2.75) is 13.0 Å². The molecule has 5 heteroatoms. The Balaban J connectivity index is 1.54. The molecule has 2 heterocycles. The maximum atomic E-state index is 13.0. The molecule has 0 aliphatic carbocycles. The van der Waals surface area contributed by atoms with Gasteiger partial charge in [-0.3, -0.25) is 4.79 Å². The van der Waals surface area contributed by atoms with Gasteiger partial charge in [0.1, 0.15) is 5.69 Å². The predicted molar refractivity (Wildman–Crippen MR) is 128 cm³/mol. The zero-order chi connectivity index (χ0) is 22.1. The van der Waals surface area contributed by atoms with Gasteiger partial charge in [-0.25, -0.2) is 4.98 Å². The topological polar surface area (TPSA) is 78.0 Å². The number of para-hydroxylation sites is 1. The van der Waals surface area contributed by atoms with Crippen molar-refractivity contribution in [3.63, 3.8) is 0 Å². The molecule has 3 aromatic carbocycles. The second kappa shape index (κ2) is 8.29. The smallest absolute Gasteiger partial charge is 0.270 e. The average Bonchev–Trinajstić information content (AvgIpc) is 3.21. The van der Waals surface area contributed by atoms with Crippen molar-refractivity contribution < 1.29 is 9.90 Å². The summed E-state index contributed by atoms with van der Waals surface area (Å²) in [5, 5.41) is 15.2. The summed E-state index contributed by atoms with van der Waals surface area (Å²) in [5.74, 6) is -0.319. The first-order valence-electron chi connectivity index (χ1n) is 10.6. The highest BCUT2D eigenvalue weighted by molar-refractivity contribution is 6.13. The van der Waals surface area contributed by atoms with E-state index < -0.39 is 6.10 Å². The number of carbonyl (C=O) groups is 1. The number of amides is 1. The minimum atomic E-state index is -0.784. The molecule has 0 radical (unpaired) electrons. The molecule has 0 saturated carbocycles. The van der Waals surface area contributed by atoms with Gasteiger partial charge >= 0.3 is 0 Å². The highest BCUT2D eigenvalue weighted by atomic mass is 16.3. The van der Waals surface area contributed by atoms with Crippen LogP contribution in [0.2, 0.25) is 0 Å². The molecule has 0 unspecified atom stereocenters. The Kier molecular flexibility index (Phi) is 5.17. The van der Waals surface area contributed by atoms with Crippen LogP contribution in [0.5, 0.6) is 0 Å². The van der Waals surface area contributed by atoms with Crippen LogP contribution in [-0.4, -0.2) is 27.5 Å². The normalized spacial score (nSPS) is 12.2. The molecule has 0 fully saturated rings. The molecule has 5 nitrogen and oxygen atoms in total. The Bertz CT molecular complexity index is 1410. The van der Waals surface area contributed by atoms with E-state index in [9.17, 15) is 9.90 Å². The zero-order valence-corrected chi connectivity index (χ0v) is 17.7. The molecule has 2 aromatic heterocycles. The molecule has 0 bridgehead atoms. The van der Waals surface area contributed by atoms with Crippen molar-refractivity contribution >= 4 is 27.7 Å². The third kappa shape index (κ3) is 3.74. The van der Waals surface area contributed by atoms with Gasteiger partial charge in [0.15, 0.2) is 0 Å². The lowest BCUT2D eigenvalue weighted by molar-refractivity contribution is 0.0911. The monoisotopic (exact) mass is 421 g/mol. The largest absolute Gasteiger partial charge is 0.387 e. The number of hydrogen-bond acceptors (Lipinski definition) is 3. The summed E-state index contributed by atoms with van der Waals surface area (Å²) in [6, 6.07) is 27.2. The Labute approximate surface area is 185 Å². The van der Waals surface area contributed by atoms with E-state index in [1.54, 1.807) is 0 Å². The Morgan fingerprint density at radius 1 is 0.969 bits per heavy atom. The lowest BCUT2D eigenvalue weighted by atomic mass is 10.0. The molecule has 0 aliphatic rings. The number of nitrogens with zero attached hydrogens (tertiary/aromatic N) is 1. The summed E-state index contributed by atoms with van der Waals surface area (Å²) in [6.07, 6.45) is -0.784. The summed E-state index contributed by atoms with van der Waals surface area (Å²) < 4.78 is 0. The molecule has 32 heavy (non-hydrogen) atoms. The van der Waals surface area contributed by atoms with E-state index in [0.717, 1.165) is 44.2 Å². The lowest BCUT2D eigenvalue weighted by Crippen LogP contribution is -2.29. The third-order valence-corrected chi connectivity index (χ3v) is 5.69. The summed E-state index contributed by atoms with van der Waals surface area (Å²) in [5.41, 5.74) is 5.79. The van der Waals surface area contributed by atoms with Gasteiger partial charge in [-0.1, -0.05) is 78.4 Å². The molecule has 1 amide bonds. The molecule has 0 spiro atoms. The van der Waals surface area contributed by atoms with Crippen molar-refractivity contribution in [2.24, 2.45) is 0 Å². The van der Waals surface area contributed by atoms with E-state index in [-0.39, 0.29) is 12.5 Å². The van der Waals surface area contributed by atoms with Gasteiger partial charge in [0, 0.05) is 28.4 Å². The van der Waals surface area contributed by atoms with Gasteiger partial charge in [0.05, 0.1) is 17.3 Å². The number of nitrogens with one attached hydrogen (secondary N) is 2. The highest BCUT2D eigenvalue weighted by Crippen LogP contribution is 2.32. The van der Waals surface area contributed by atoms with Gasteiger partial charge < -0.3 is 15.4 Å². The van der Waals surface area contributed by atoms with Crippen molar-refractivity contribution in [1.82, 2.24) is 15.3 Å². The van der Waals surface area contributed by atoms with Gasteiger partial charge in [0.2, 0.25) is 0 Å². The number of aromatic nitrogens is 2. The van der Waals surface area contributed by atoms with Crippen LogP contribution < -0.4 is 5.32 Å². The highest BCUT2D eigenvalue weighted by Gasteiger charge is 2.18. The van der Waals surface area contributed by atoms with Gasteiger partial charge in [-0.05, 0) is 24.6 Å². The minimum absolute atomic E-state index is 0.107. The number of pyridine rings is 1. The Hall–Kier alpha value is -3.96. The number of rotatable bonds is 5. The fourth-order valence-electron chi connectivity index (χ4n) is 3.96. The Morgan fingerprint density at radius 2 is 1.69 bits per heavy atom. The standard InChI is InChI=1S/C27H23N3O2/c1-17-11-13-19(14-12-17)25-26-21(20-9-5-6-10-22(20)29-26)15-23(30-25)27(32)28-16-24(31)18-7-3-2-4-8-18/h2-15,24,29,31H,16H2,1H3,(H,28,32)/t24-/m1/s1. The summed E-state index contributed by atoms with van der Waals surface area (Å²) >= 11 is 0. The predicted octanol–water partition coefficient (Wildman–Crippen LogP) is 5.15. The molecule has 0 saturated heterocycles. The summed E-state index contributed by atoms with van der Waals surface area (Å²) in [4.78, 5) is 21.2. The van der Waals surface area contributed by atoms with E-state index in [1.165, 1.54) is 0 Å². The fraction of sp³-hybridized carbons (Fsp3) is 0.111. The van der Waals surface area contributed by atoms with E-state index in [2.05, 4.69) is 10.3 Å². The number of hydrogen-bond donors (Lipinski definition) is 3. The molecule has 158 valence electrons. The second-order valence-electron chi connectivity index (χ2n) is 7.95. The number of aromatic amines is 1. The van der Waals surface area contributed by atoms with Gasteiger partial charge in [0.25, 0.3) is 5.91 Å². The van der Waals surface area contributed by atoms with Crippen molar-refractivity contribution in [3.05, 3.63) is 102 Å². The van der Waals surface area contributed by atoms with Crippen LogP contribution in [0.3, 0.4) is 0 Å². The van der Waals surface area contributed by atoms with E-state index in [0.29, 0.717) is 5.69 Å². The van der Waals surface area contributed by atoms with Gasteiger partial charge in [-0.15, -0.1) is 0 Å².